The summed E-state index contributed by atoms with van der Waals surface area (Å²) >= 11 is 3.26. The minimum absolute atomic E-state index is 0.204. The molecule has 1 atom stereocenters. The molecule has 1 aromatic carbocycles. The van der Waals surface area contributed by atoms with E-state index in [0.717, 1.165) is 30.3 Å². The van der Waals surface area contributed by atoms with E-state index in [2.05, 4.69) is 20.7 Å². The van der Waals surface area contributed by atoms with Crippen LogP contribution in [0.5, 0.6) is 0 Å². The fraction of sp³-hybridized carbons (Fsp3) is 0.500. The van der Waals surface area contributed by atoms with Crippen LogP contribution in [0.3, 0.4) is 0 Å². The Morgan fingerprint density at radius 2 is 2.28 bits per heavy atom. The molecule has 0 unspecified atom stereocenters. The highest BCUT2D eigenvalue weighted by Crippen LogP contribution is 2.17. The van der Waals surface area contributed by atoms with Crippen molar-refractivity contribution in [3.05, 3.63) is 28.7 Å². The van der Waals surface area contributed by atoms with Gasteiger partial charge in [0, 0.05) is 17.6 Å². The van der Waals surface area contributed by atoms with Crippen LogP contribution in [-0.4, -0.2) is 27.7 Å². The molecule has 1 saturated heterocycles. The van der Waals surface area contributed by atoms with Crippen LogP contribution >= 0.6 is 15.9 Å². The van der Waals surface area contributed by atoms with Crippen LogP contribution in [0.1, 0.15) is 19.3 Å². The highest BCUT2D eigenvalue weighted by atomic mass is 79.9. The third-order valence-electron chi connectivity index (χ3n) is 2.89. The van der Waals surface area contributed by atoms with Crippen molar-refractivity contribution < 1.29 is 13.2 Å². The molecule has 1 N–H and O–H groups in total. The lowest BCUT2D eigenvalue weighted by Gasteiger charge is -2.10. The molecule has 1 aliphatic heterocycles. The maximum absolute atomic E-state index is 12.0. The molecule has 0 bridgehead atoms. The zero-order valence-corrected chi connectivity index (χ0v) is 12.3. The molecule has 0 aliphatic carbocycles. The molecular formula is C12H16BrNO3S. The van der Waals surface area contributed by atoms with Gasteiger partial charge in [-0.3, -0.25) is 0 Å². The summed E-state index contributed by atoms with van der Waals surface area (Å²) in [5.74, 6) is 0. The Hall–Kier alpha value is -0.430. The van der Waals surface area contributed by atoms with Crippen molar-refractivity contribution in [3.63, 3.8) is 0 Å². The summed E-state index contributed by atoms with van der Waals surface area (Å²) in [7, 11) is -3.41. The molecule has 1 heterocycles. The van der Waals surface area contributed by atoms with E-state index in [1.165, 1.54) is 0 Å². The van der Waals surface area contributed by atoms with Crippen molar-refractivity contribution in [2.75, 3.05) is 13.2 Å². The van der Waals surface area contributed by atoms with Crippen molar-refractivity contribution in [2.24, 2.45) is 0 Å². The molecule has 1 aliphatic rings. The topological polar surface area (TPSA) is 55.4 Å². The van der Waals surface area contributed by atoms with Gasteiger partial charge in [0.2, 0.25) is 10.0 Å². The normalized spacial score (nSPS) is 20.2. The Morgan fingerprint density at radius 3 is 2.94 bits per heavy atom. The fourth-order valence-corrected chi connectivity index (χ4v) is 3.59. The molecule has 100 valence electrons. The van der Waals surface area contributed by atoms with Crippen LogP contribution < -0.4 is 4.72 Å². The molecule has 6 heteroatoms. The second-order valence-corrected chi connectivity index (χ2v) is 6.96. The summed E-state index contributed by atoms with van der Waals surface area (Å²) in [5, 5.41) is 0. The van der Waals surface area contributed by atoms with Gasteiger partial charge in [-0.25, -0.2) is 13.1 Å². The SMILES string of the molecule is O=S(=O)(NCC[C@@H]1CCCO1)c1cccc(Br)c1. The number of sulfonamides is 1. The van der Waals surface area contributed by atoms with Crippen molar-refractivity contribution >= 4 is 26.0 Å². The summed E-state index contributed by atoms with van der Waals surface area (Å²) in [4.78, 5) is 0.282. The van der Waals surface area contributed by atoms with Crippen LogP contribution in [0, 0.1) is 0 Å². The number of halogens is 1. The van der Waals surface area contributed by atoms with Gasteiger partial charge in [0.25, 0.3) is 0 Å². The van der Waals surface area contributed by atoms with E-state index in [1.807, 2.05) is 0 Å². The number of rotatable bonds is 5. The molecule has 1 aromatic rings. The second kappa shape index (κ2) is 6.14. The van der Waals surface area contributed by atoms with Gasteiger partial charge in [-0.1, -0.05) is 22.0 Å². The summed E-state index contributed by atoms with van der Waals surface area (Å²) in [5.41, 5.74) is 0. The quantitative estimate of drug-likeness (QED) is 0.899. The molecule has 0 radical (unpaired) electrons. The predicted molar refractivity (Wildman–Crippen MR) is 72.9 cm³/mol. The van der Waals surface area contributed by atoms with E-state index < -0.39 is 10.0 Å². The largest absolute Gasteiger partial charge is 0.378 e. The number of hydrogen-bond acceptors (Lipinski definition) is 3. The molecular weight excluding hydrogens is 318 g/mol. The fourth-order valence-electron chi connectivity index (χ4n) is 1.94. The average Bonchev–Trinajstić information content (AvgIpc) is 2.82. The minimum Gasteiger partial charge on any atom is -0.378 e. The lowest BCUT2D eigenvalue weighted by Crippen LogP contribution is -2.27. The van der Waals surface area contributed by atoms with Gasteiger partial charge < -0.3 is 4.74 Å². The monoisotopic (exact) mass is 333 g/mol. The van der Waals surface area contributed by atoms with Gasteiger partial charge >= 0.3 is 0 Å². The number of hydrogen-bond donors (Lipinski definition) is 1. The van der Waals surface area contributed by atoms with E-state index in [0.29, 0.717) is 6.54 Å². The van der Waals surface area contributed by atoms with Gasteiger partial charge in [-0.05, 0) is 37.5 Å². The average molecular weight is 334 g/mol. The zero-order chi connectivity index (χ0) is 13.0. The Bertz CT molecular complexity index is 498. The van der Waals surface area contributed by atoms with E-state index in [1.54, 1.807) is 24.3 Å². The van der Waals surface area contributed by atoms with Gasteiger partial charge in [0.1, 0.15) is 0 Å². The second-order valence-electron chi connectivity index (χ2n) is 4.28. The predicted octanol–water partition coefficient (Wildman–Crippen LogP) is 2.30. The molecule has 4 nitrogen and oxygen atoms in total. The lowest BCUT2D eigenvalue weighted by molar-refractivity contribution is 0.105. The van der Waals surface area contributed by atoms with Crippen molar-refractivity contribution in [1.29, 1.82) is 0 Å². The first-order chi connectivity index (χ1) is 8.58. The summed E-state index contributed by atoms with van der Waals surface area (Å²) in [6.45, 7) is 1.21. The lowest BCUT2D eigenvalue weighted by atomic mass is 10.2. The Kier molecular flexibility index (Phi) is 4.77. The number of benzene rings is 1. The van der Waals surface area contributed by atoms with Crippen molar-refractivity contribution in [3.8, 4) is 0 Å². The summed E-state index contributed by atoms with van der Waals surface area (Å²) in [6.07, 6.45) is 3.03. The van der Waals surface area contributed by atoms with Crippen LogP contribution in [0.25, 0.3) is 0 Å². The van der Waals surface area contributed by atoms with Crippen molar-refractivity contribution in [1.82, 2.24) is 4.72 Å². The molecule has 0 amide bonds. The maximum Gasteiger partial charge on any atom is 0.240 e. The number of nitrogens with one attached hydrogen (secondary N) is 1. The van der Waals surface area contributed by atoms with Gasteiger partial charge in [-0.15, -0.1) is 0 Å². The smallest absolute Gasteiger partial charge is 0.240 e. The van der Waals surface area contributed by atoms with E-state index in [9.17, 15) is 8.42 Å². The van der Waals surface area contributed by atoms with Crippen LogP contribution in [0.4, 0.5) is 0 Å². The summed E-state index contributed by atoms with van der Waals surface area (Å²) in [6, 6.07) is 6.68. The van der Waals surface area contributed by atoms with Gasteiger partial charge in [-0.2, -0.15) is 0 Å². The van der Waals surface area contributed by atoms with E-state index in [-0.39, 0.29) is 11.0 Å². The molecule has 0 spiro atoms. The highest BCUT2D eigenvalue weighted by Gasteiger charge is 2.18. The minimum atomic E-state index is -3.41. The Labute approximate surface area is 116 Å². The first-order valence-corrected chi connectivity index (χ1v) is 8.22. The van der Waals surface area contributed by atoms with E-state index >= 15 is 0 Å². The van der Waals surface area contributed by atoms with Gasteiger partial charge in [0.15, 0.2) is 0 Å². The van der Waals surface area contributed by atoms with Gasteiger partial charge in [0.05, 0.1) is 11.0 Å². The molecule has 2 rings (SSSR count). The van der Waals surface area contributed by atoms with E-state index in [4.69, 9.17) is 4.74 Å². The number of ether oxygens (including phenoxy) is 1. The maximum atomic E-state index is 12.0. The first-order valence-electron chi connectivity index (χ1n) is 5.95. The standard InChI is InChI=1S/C12H16BrNO3S/c13-10-3-1-5-12(9-10)18(15,16)14-7-6-11-4-2-8-17-11/h1,3,5,9,11,14H,2,4,6-8H2/t11-/m0/s1. The summed E-state index contributed by atoms with van der Waals surface area (Å²) < 4.78 is 32.8. The zero-order valence-electron chi connectivity index (χ0n) is 9.93. The third kappa shape index (κ3) is 3.78. The highest BCUT2D eigenvalue weighted by molar-refractivity contribution is 9.10. The first kappa shape index (κ1) is 14.0. The van der Waals surface area contributed by atoms with Crippen LogP contribution in [0.2, 0.25) is 0 Å². The molecule has 0 aromatic heterocycles. The molecule has 18 heavy (non-hydrogen) atoms. The molecule has 1 fully saturated rings. The Morgan fingerprint density at radius 1 is 1.44 bits per heavy atom. The van der Waals surface area contributed by atoms with Crippen LogP contribution in [-0.2, 0) is 14.8 Å². The van der Waals surface area contributed by atoms with Crippen molar-refractivity contribution in [2.45, 2.75) is 30.3 Å². The Balaban J connectivity index is 1.90. The third-order valence-corrected chi connectivity index (χ3v) is 4.84. The molecule has 0 saturated carbocycles. The van der Waals surface area contributed by atoms with Crippen LogP contribution in [0.15, 0.2) is 33.6 Å².